The summed E-state index contributed by atoms with van der Waals surface area (Å²) >= 11 is 0. The largest absolute Gasteiger partial charge is 0.359 e. The minimum absolute atomic E-state index is 0.0585. The highest BCUT2D eigenvalue weighted by atomic mass is 16.2. The quantitative estimate of drug-likeness (QED) is 0.0735. The SMILES string of the molecule is CNC(=O)CCNC(=O)C(CNC(=O)C(CNCN)NCN)CC(=O)C(CNCN)NCN. The summed E-state index contributed by atoms with van der Waals surface area (Å²) in [7, 11) is 1.49. The monoisotopic (exact) mass is 475 g/mol. The van der Waals surface area contributed by atoms with E-state index in [1.54, 1.807) is 0 Å². The van der Waals surface area contributed by atoms with Crippen LogP contribution in [0.5, 0.6) is 0 Å². The van der Waals surface area contributed by atoms with Crippen molar-refractivity contribution < 1.29 is 19.2 Å². The first-order valence-corrected chi connectivity index (χ1v) is 10.8. The molecule has 3 atom stereocenters. The van der Waals surface area contributed by atoms with Gasteiger partial charge in [-0.25, -0.2) is 0 Å². The summed E-state index contributed by atoms with van der Waals surface area (Å²) in [5.41, 5.74) is 21.8. The number of carbonyl (C=O) groups excluding carboxylic acids is 4. The number of rotatable bonds is 20. The third kappa shape index (κ3) is 13.8. The van der Waals surface area contributed by atoms with E-state index in [1.165, 1.54) is 7.05 Å². The van der Waals surface area contributed by atoms with Crippen LogP contribution in [0.2, 0.25) is 0 Å². The third-order valence-electron chi connectivity index (χ3n) is 4.69. The van der Waals surface area contributed by atoms with E-state index in [-0.39, 0.29) is 77.4 Å². The molecule has 0 aliphatic rings. The van der Waals surface area contributed by atoms with Crippen molar-refractivity contribution in [1.29, 1.82) is 0 Å². The molecule has 0 bridgehead atoms. The summed E-state index contributed by atoms with van der Waals surface area (Å²) in [5.74, 6) is -2.25. The fraction of sp³-hybridized carbons (Fsp3) is 0.778. The molecule has 15 heteroatoms. The molecule has 15 N–H and O–H groups in total. The van der Waals surface area contributed by atoms with Crippen molar-refractivity contribution in [3.8, 4) is 0 Å². The van der Waals surface area contributed by atoms with Crippen LogP contribution in [0, 0.1) is 5.92 Å². The molecule has 0 radical (unpaired) electrons. The Bertz CT molecular complexity index is 594. The van der Waals surface area contributed by atoms with Gasteiger partial charge in [0.2, 0.25) is 17.7 Å². The van der Waals surface area contributed by atoms with E-state index in [4.69, 9.17) is 22.9 Å². The van der Waals surface area contributed by atoms with Crippen molar-refractivity contribution in [3.63, 3.8) is 0 Å². The molecule has 0 aliphatic carbocycles. The summed E-state index contributed by atoms with van der Waals surface area (Å²) in [6.45, 7) is 0.923. The van der Waals surface area contributed by atoms with Crippen LogP contribution in [0.25, 0.3) is 0 Å². The van der Waals surface area contributed by atoms with Crippen molar-refractivity contribution in [2.24, 2.45) is 28.9 Å². The molecule has 192 valence electrons. The van der Waals surface area contributed by atoms with Gasteiger partial charge in [0.05, 0.1) is 12.0 Å². The molecular formula is C18H41N11O4. The molecule has 3 unspecified atom stereocenters. The van der Waals surface area contributed by atoms with E-state index in [0.29, 0.717) is 0 Å². The number of nitrogens with one attached hydrogen (secondary N) is 7. The lowest BCUT2D eigenvalue weighted by Gasteiger charge is -2.23. The Hall–Kier alpha value is -2.24. The maximum atomic E-state index is 12.8. The molecule has 0 aromatic rings. The summed E-state index contributed by atoms with van der Waals surface area (Å²) < 4.78 is 0. The zero-order valence-electron chi connectivity index (χ0n) is 19.2. The zero-order chi connectivity index (χ0) is 25.1. The molecule has 0 rings (SSSR count). The number of nitrogens with two attached hydrogens (primary N) is 4. The smallest absolute Gasteiger partial charge is 0.238 e. The predicted octanol–water partition coefficient (Wildman–Crippen LogP) is -6.31. The van der Waals surface area contributed by atoms with Crippen molar-refractivity contribution in [3.05, 3.63) is 0 Å². The second-order valence-electron chi connectivity index (χ2n) is 7.06. The lowest BCUT2D eigenvalue weighted by Crippen LogP contribution is -2.54. The second kappa shape index (κ2) is 19.2. The number of amides is 3. The van der Waals surface area contributed by atoms with Crippen molar-refractivity contribution in [1.82, 2.24) is 37.2 Å². The third-order valence-corrected chi connectivity index (χ3v) is 4.69. The van der Waals surface area contributed by atoms with Crippen LogP contribution in [0.1, 0.15) is 12.8 Å². The highest BCUT2D eigenvalue weighted by molar-refractivity contribution is 5.91. The van der Waals surface area contributed by atoms with Crippen LogP contribution in [0.3, 0.4) is 0 Å². The van der Waals surface area contributed by atoms with Crippen LogP contribution in [-0.4, -0.2) is 95.5 Å². The molecule has 3 amide bonds. The average Bonchev–Trinajstić information content (AvgIpc) is 2.81. The number of hydrogen-bond acceptors (Lipinski definition) is 12. The summed E-state index contributed by atoms with van der Waals surface area (Å²) in [6, 6.07) is -1.33. The lowest BCUT2D eigenvalue weighted by atomic mass is 9.97. The topological polar surface area (TPSA) is 257 Å². The van der Waals surface area contributed by atoms with E-state index in [9.17, 15) is 19.2 Å². The van der Waals surface area contributed by atoms with Crippen LogP contribution in [0.15, 0.2) is 0 Å². The van der Waals surface area contributed by atoms with E-state index in [0.717, 1.165) is 0 Å². The minimum atomic E-state index is -0.868. The number of carbonyl (C=O) groups is 4. The summed E-state index contributed by atoms with van der Waals surface area (Å²) in [5, 5.41) is 19.1. The van der Waals surface area contributed by atoms with Gasteiger partial charge in [-0.2, -0.15) is 0 Å². The van der Waals surface area contributed by atoms with Gasteiger partial charge in [-0.05, 0) is 0 Å². The lowest BCUT2D eigenvalue weighted by molar-refractivity contribution is -0.131. The first-order valence-electron chi connectivity index (χ1n) is 10.8. The van der Waals surface area contributed by atoms with Crippen LogP contribution in [-0.2, 0) is 19.2 Å². The number of Topliss-reactive ketones (excluding diaryl/α,β-unsaturated/α-hetero) is 1. The van der Waals surface area contributed by atoms with E-state index in [2.05, 4.69) is 37.2 Å². The van der Waals surface area contributed by atoms with Gasteiger partial charge in [-0.3, -0.25) is 29.8 Å². The number of ketones is 1. The normalized spacial score (nSPS) is 13.6. The Morgan fingerprint density at radius 1 is 0.727 bits per heavy atom. The Morgan fingerprint density at radius 2 is 1.30 bits per heavy atom. The van der Waals surface area contributed by atoms with Gasteiger partial charge in [0.1, 0.15) is 6.04 Å². The molecule has 33 heavy (non-hydrogen) atoms. The maximum Gasteiger partial charge on any atom is 0.238 e. The Morgan fingerprint density at radius 3 is 1.85 bits per heavy atom. The Balaban J connectivity index is 5.21. The molecule has 0 aliphatic heterocycles. The van der Waals surface area contributed by atoms with Crippen molar-refractivity contribution in [2.75, 3.05) is 59.9 Å². The van der Waals surface area contributed by atoms with E-state index < -0.39 is 29.8 Å². The van der Waals surface area contributed by atoms with E-state index >= 15 is 0 Å². The Kier molecular flexibility index (Phi) is 17.9. The van der Waals surface area contributed by atoms with E-state index in [1.807, 2.05) is 0 Å². The maximum absolute atomic E-state index is 12.8. The fourth-order valence-electron chi connectivity index (χ4n) is 2.86. The summed E-state index contributed by atoms with van der Waals surface area (Å²) in [4.78, 5) is 49.5. The van der Waals surface area contributed by atoms with Crippen molar-refractivity contribution in [2.45, 2.75) is 24.9 Å². The average molecular weight is 476 g/mol. The van der Waals surface area contributed by atoms with Crippen LogP contribution in [0.4, 0.5) is 0 Å². The highest BCUT2D eigenvalue weighted by Gasteiger charge is 2.27. The molecule has 0 heterocycles. The van der Waals surface area contributed by atoms with Gasteiger partial charge in [0.15, 0.2) is 5.78 Å². The summed E-state index contributed by atoms with van der Waals surface area (Å²) in [6.07, 6.45) is -0.0771. The Labute approximate surface area is 194 Å². The molecular weight excluding hydrogens is 434 g/mol. The van der Waals surface area contributed by atoms with Gasteiger partial charge < -0.3 is 49.5 Å². The first-order chi connectivity index (χ1) is 15.8. The predicted molar refractivity (Wildman–Crippen MR) is 124 cm³/mol. The molecule has 0 spiro atoms. The molecule has 0 aromatic heterocycles. The van der Waals surface area contributed by atoms with Gasteiger partial charge >= 0.3 is 0 Å². The molecule has 0 saturated carbocycles. The molecule has 0 fully saturated rings. The fourth-order valence-corrected chi connectivity index (χ4v) is 2.86. The standard InChI is InChI=1S/C18H41N11O4/c1-23-16(31)2-3-26-17(32)12(4-15(30)13(28-10-21)6-24-8-19)5-27-18(33)14(29-11-22)7-25-9-20/h12-14,24-25,28-29H,2-11,19-22H2,1H3,(H,23,31)(H,26,32)(H,27,33). The van der Waals surface area contributed by atoms with Gasteiger partial charge in [-0.1, -0.05) is 0 Å². The van der Waals surface area contributed by atoms with Gasteiger partial charge in [-0.15, -0.1) is 0 Å². The molecule has 0 saturated heterocycles. The van der Waals surface area contributed by atoms with Crippen LogP contribution >= 0.6 is 0 Å². The molecule has 15 nitrogen and oxygen atoms in total. The van der Waals surface area contributed by atoms with Gasteiger partial charge in [0, 0.05) is 72.7 Å². The zero-order valence-corrected chi connectivity index (χ0v) is 19.2. The highest BCUT2D eigenvalue weighted by Crippen LogP contribution is 2.07. The second-order valence-corrected chi connectivity index (χ2v) is 7.06. The van der Waals surface area contributed by atoms with Gasteiger partial charge in [0.25, 0.3) is 0 Å². The number of hydrogen-bond donors (Lipinski definition) is 11. The minimum Gasteiger partial charge on any atom is -0.359 e. The molecule has 0 aromatic carbocycles. The first kappa shape index (κ1) is 30.8. The van der Waals surface area contributed by atoms with Crippen molar-refractivity contribution >= 4 is 23.5 Å². The van der Waals surface area contributed by atoms with Crippen LogP contribution < -0.4 is 60.2 Å².